The smallest absolute Gasteiger partial charge is 0.310 e. The van der Waals surface area contributed by atoms with Gasteiger partial charge in [0.25, 0.3) is 5.95 Å². The van der Waals surface area contributed by atoms with E-state index in [1.54, 1.807) is 12.1 Å². The maximum Gasteiger partial charge on any atom is 0.310 e. The summed E-state index contributed by atoms with van der Waals surface area (Å²) in [7, 11) is 0. The third-order valence-corrected chi connectivity index (χ3v) is 1.57. The molecule has 0 heterocycles. The lowest BCUT2D eigenvalue weighted by molar-refractivity contribution is -0.150. The van der Waals surface area contributed by atoms with Crippen LogP contribution in [0.1, 0.15) is 19.4 Å². The predicted octanol–water partition coefficient (Wildman–Crippen LogP) is 2.11. The van der Waals surface area contributed by atoms with E-state index >= 15 is 0 Å². The summed E-state index contributed by atoms with van der Waals surface area (Å²) in [6.07, 6.45) is 1.48. The van der Waals surface area contributed by atoms with Crippen molar-refractivity contribution in [3.05, 3.63) is 41.8 Å². The van der Waals surface area contributed by atoms with Crippen LogP contribution in [0.5, 0.6) is 0 Å². The lowest BCUT2D eigenvalue weighted by Crippen LogP contribution is -2.06. The van der Waals surface area contributed by atoms with Crippen LogP contribution in [0.3, 0.4) is 0 Å². The van der Waals surface area contributed by atoms with E-state index in [1.807, 2.05) is 18.2 Å². The van der Waals surface area contributed by atoms with Crippen molar-refractivity contribution in [1.82, 2.24) is 0 Å². The van der Waals surface area contributed by atoms with Crippen LogP contribution in [-0.2, 0) is 19.1 Å². The average molecular weight is 220 g/mol. The van der Waals surface area contributed by atoms with Gasteiger partial charge in [0.2, 0.25) is 0 Å². The van der Waals surface area contributed by atoms with Crippen molar-refractivity contribution in [1.29, 1.82) is 0 Å². The van der Waals surface area contributed by atoms with Crippen LogP contribution in [0.4, 0.5) is 0 Å². The van der Waals surface area contributed by atoms with E-state index in [0.717, 1.165) is 5.56 Å². The lowest BCUT2D eigenvalue weighted by Gasteiger charge is -2.05. The zero-order valence-corrected chi connectivity index (χ0v) is 9.10. The minimum Gasteiger partial charge on any atom is -0.393 e. The molecule has 0 unspecified atom stereocenters. The number of carbonyl (C=O) groups is 2. The highest BCUT2D eigenvalue weighted by molar-refractivity contribution is 5.71. The molecule has 0 aliphatic carbocycles. The summed E-state index contributed by atoms with van der Waals surface area (Å²) in [6, 6.07) is 9.10. The van der Waals surface area contributed by atoms with Crippen molar-refractivity contribution < 1.29 is 19.1 Å². The van der Waals surface area contributed by atoms with E-state index in [0.29, 0.717) is 0 Å². The van der Waals surface area contributed by atoms with Gasteiger partial charge in [0, 0.05) is 19.9 Å². The Balaban J connectivity index is 2.87. The van der Waals surface area contributed by atoms with Gasteiger partial charge in [0.15, 0.2) is 0 Å². The number of benzene rings is 1. The van der Waals surface area contributed by atoms with Crippen LogP contribution >= 0.6 is 0 Å². The second kappa shape index (κ2) is 5.70. The first-order valence-electron chi connectivity index (χ1n) is 4.71. The Morgan fingerprint density at radius 3 is 1.94 bits per heavy atom. The van der Waals surface area contributed by atoms with Gasteiger partial charge in [0.1, 0.15) is 0 Å². The first-order chi connectivity index (χ1) is 7.58. The van der Waals surface area contributed by atoms with Crippen LogP contribution in [0.2, 0.25) is 0 Å². The highest BCUT2D eigenvalue weighted by Crippen LogP contribution is 2.09. The van der Waals surface area contributed by atoms with Gasteiger partial charge >= 0.3 is 11.9 Å². The van der Waals surface area contributed by atoms with Crippen LogP contribution in [0, 0.1) is 0 Å². The molecule has 4 heteroatoms. The topological polar surface area (TPSA) is 52.6 Å². The van der Waals surface area contributed by atoms with Crippen molar-refractivity contribution in [2.24, 2.45) is 0 Å². The number of hydrogen-bond acceptors (Lipinski definition) is 4. The van der Waals surface area contributed by atoms with Gasteiger partial charge in [-0.25, -0.2) is 0 Å². The van der Waals surface area contributed by atoms with Crippen molar-refractivity contribution in [3.8, 4) is 0 Å². The fourth-order valence-electron chi connectivity index (χ4n) is 1.05. The van der Waals surface area contributed by atoms with Crippen molar-refractivity contribution >= 4 is 18.0 Å². The Labute approximate surface area is 93.5 Å². The molecule has 1 aromatic rings. The molecule has 0 saturated heterocycles. The normalized spacial score (nSPS) is 9.12. The molecule has 0 aromatic heterocycles. The Bertz CT molecular complexity index is 388. The summed E-state index contributed by atoms with van der Waals surface area (Å²) in [4.78, 5) is 21.5. The molecule has 0 aliphatic rings. The molecule has 16 heavy (non-hydrogen) atoms. The summed E-state index contributed by atoms with van der Waals surface area (Å²) in [6.45, 7) is 2.48. The van der Waals surface area contributed by atoms with E-state index in [4.69, 9.17) is 9.47 Å². The molecule has 0 bridgehead atoms. The number of hydrogen-bond donors (Lipinski definition) is 0. The first kappa shape index (κ1) is 12.0. The van der Waals surface area contributed by atoms with Gasteiger partial charge in [0.05, 0.1) is 0 Å². The Morgan fingerprint density at radius 1 is 1.00 bits per heavy atom. The summed E-state index contributed by atoms with van der Waals surface area (Å²) in [5.74, 6) is -1.20. The molecule has 4 nitrogen and oxygen atoms in total. The highest BCUT2D eigenvalue weighted by atomic mass is 16.7. The quantitative estimate of drug-likeness (QED) is 0.578. The molecular weight excluding hydrogens is 208 g/mol. The molecule has 0 atom stereocenters. The predicted molar refractivity (Wildman–Crippen MR) is 58.0 cm³/mol. The van der Waals surface area contributed by atoms with E-state index < -0.39 is 11.9 Å². The molecular formula is C12H12O4. The van der Waals surface area contributed by atoms with Crippen LogP contribution in [-0.4, -0.2) is 11.9 Å². The third kappa shape index (κ3) is 4.41. The third-order valence-electron chi connectivity index (χ3n) is 1.57. The lowest BCUT2D eigenvalue weighted by atomic mass is 10.2. The minimum absolute atomic E-state index is 0.119. The number of esters is 2. The molecule has 0 N–H and O–H groups in total. The summed E-state index contributed by atoms with van der Waals surface area (Å²) in [5, 5.41) is 0. The van der Waals surface area contributed by atoms with E-state index in [9.17, 15) is 9.59 Å². The van der Waals surface area contributed by atoms with Crippen molar-refractivity contribution in [2.45, 2.75) is 13.8 Å². The molecule has 0 radical (unpaired) electrons. The van der Waals surface area contributed by atoms with E-state index in [-0.39, 0.29) is 5.95 Å². The van der Waals surface area contributed by atoms with Gasteiger partial charge in [-0.05, 0) is 5.56 Å². The van der Waals surface area contributed by atoms with Crippen molar-refractivity contribution in [2.75, 3.05) is 0 Å². The van der Waals surface area contributed by atoms with Gasteiger partial charge in [-0.15, -0.1) is 0 Å². The van der Waals surface area contributed by atoms with Gasteiger partial charge in [-0.2, -0.15) is 0 Å². The summed E-state index contributed by atoms with van der Waals surface area (Å²) in [5.41, 5.74) is 0.778. The maximum atomic E-state index is 10.8. The largest absolute Gasteiger partial charge is 0.393 e. The second-order valence-electron chi connectivity index (χ2n) is 3.06. The average Bonchev–Trinajstić information content (AvgIpc) is 2.16. The fourth-order valence-corrected chi connectivity index (χ4v) is 1.05. The van der Waals surface area contributed by atoms with Gasteiger partial charge in [-0.3, -0.25) is 9.59 Å². The molecule has 0 saturated carbocycles. The molecule has 1 rings (SSSR count). The van der Waals surface area contributed by atoms with Gasteiger partial charge in [-0.1, -0.05) is 30.3 Å². The van der Waals surface area contributed by atoms with Gasteiger partial charge < -0.3 is 9.47 Å². The monoisotopic (exact) mass is 220 g/mol. The highest BCUT2D eigenvalue weighted by Gasteiger charge is 2.06. The van der Waals surface area contributed by atoms with Crippen LogP contribution < -0.4 is 0 Å². The van der Waals surface area contributed by atoms with E-state index in [2.05, 4.69) is 0 Å². The molecule has 84 valence electrons. The second-order valence-corrected chi connectivity index (χ2v) is 3.06. The van der Waals surface area contributed by atoms with E-state index in [1.165, 1.54) is 19.9 Å². The van der Waals surface area contributed by atoms with Crippen LogP contribution in [0.25, 0.3) is 6.08 Å². The Morgan fingerprint density at radius 2 is 1.50 bits per heavy atom. The van der Waals surface area contributed by atoms with Crippen molar-refractivity contribution in [3.63, 3.8) is 0 Å². The number of ether oxygens (including phenoxy) is 2. The fraction of sp³-hybridized carbons (Fsp3) is 0.167. The zero-order valence-electron chi connectivity index (χ0n) is 9.10. The number of rotatable bonds is 3. The first-order valence-corrected chi connectivity index (χ1v) is 4.71. The number of carbonyl (C=O) groups excluding carboxylic acids is 2. The Kier molecular flexibility index (Phi) is 4.27. The molecule has 0 fully saturated rings. The molecule has 1 aromatic carbocycles. The SMILES string of the molecule is CC(=O)OC(=Cc1ccccc1)OC(C)=O. The summed E-state index contributed by atoms with van der Waals surface area (Å²) >= 11 is 0. The molecule has 0 amide bonds. The molecule has 0 spiro atoms. The molecule has 0 aliphatic heterocycles. The standard InChI is InChI=1S/C12H12O4/c1-9(13)15-12(16-10(2)14)8-11-6-4-3-5-7-11/h3-8H,1-2H3. The minimum atomic E-state index is -0.538. The Hall–Kier alpha value is -2.10. The van der Waals surface area contributed by atoms with Crippen LogP contribution in [0.15, 0.2) is 36.3 Å². The summed E-state index contributed by atoms with van der Waals surface area (Å²) < 4.78 is 9.49. The zero-order chi connectivity index (χ0) is 12.0. The maximum absolute atomic E-state index is 10.8.